The van der Waals surface area contributed by atoms with E-state index in [-0.39, 0.29) is 5.91 Å². The lowest BCUT2D eigenvalue weighted by molar-refractivity contribution is -0.133. The Morgan fingerprint density at radius 1 is 1.00 bits per heavy atom. The van der Waals surface area contributed by atoms with Gasteiger partial charge >= 0.3 is 0 Å². The van der Waals surface area contributed by atoms with Crippen molar-refractivity contribution in [2.24, 2.45) is 0 Å². The van der Waals surface area contributed by atoms with Crippen LogP contribution in [0.3, 0.4) is 0 Å². The van der Waals surface area contributed by atoms with Gasteiger partial charge in [0.05, 0.1) is 11.4 Å². The van der Waals surface area contributed by atoms with Crippen LogP contribution < -0.4 is 0 Å². The summed E-state index contributed by atoms with van der Waals surface area (Å²) in [6.45, 7) is 7.83. The number of amides is 1. The van der Waals surface area contributed by atoms with Crippen molar-refractivity contribution in [3.05, 3.63) is 29.3 Å². The third-order valence-corrected chi connectivity index (χ3v) is 7.15. The molecule has 0 unspecified atom stereocenters. The van der Waals surface area contributed by atoms with Crippen LogP contribution >= 0.6 is 0 Å². The molecule has 1 amide bonds. The Hall–Kier alpha value is -1.44. The highest BCUT2D eigenvalue weighted by Gasteiger charge is 2.31. The van der Waals surface area contributed by atoms with Crippen LogP contribution in [0, 0.1) is 13.8 Å². The van der Waals surface area contributed by atoms with Crippen molar-refractivity contribution in [2.75, 3.05) is 45.8 Å². The Morgan fingerprint density at radius 3 is 2.28 bits per heavy atom. The Kier molecular flexibility index (Phi) is 5.46. The number of carbonyl (C=O) groups is 1. The van der Waals surface area contributed by atoms with Gasteiger partial charge in [0.1, 0.15) is 0 Å². The predicted octanol–water partition coefficient (Wildman–Crippen LogP) is 1.23. The third kappa shape index (κ3) is 4.04. The van der Waals surface area contributed by atoms with E-state index in [0.717, 1.165) is 37.1 Å². The van der Waals surface area contributed by atoms with E-state index in [9.17, 15) is 13.2 Å². The van der Waals surface area contributed by atoms with E-state index in [2.05, 4.69) is 4.90 Å². The van der Waals surface area contributed by atoms with E-state index in [0.29, 0.717) is 37.6 Å². The van der Waals surface area contributed by atoms with Gasteiger partial charge in [0.15, 0.2) is 0 Å². The third-order valence-electron chi connectivity index (χ3n) is 5.11. The minimum Gasteiger partial charge on any atom is -0.339 e. The van der Waals surface area contributed by atoms with Gasteiger partial charge in [-0.25, -0.2) is 8.42 Å². The SMILES string of the molecule is Cc1ccc(C)c(S(=O)(=O)N2CCN(C(=O)CN3CCCC3)CC2)c1. The molecule has 1 aromatic carbocycles. The number of rotatable bonds is 4. The van der Waals surface area contributed by atoms with Crippen LogP contribution in [-0.4, -0.2) is 74.2 Å². The van der Waals surface area contributed by atoms with Crippen LogP contribution in [0.5, 0.6) is 0 Å². The summed E-state index contributed by atoms with van der Waals surface area (Å²) in [5.41, 5.74) is 1.70. The molecule has 0 aromatic heterocycles. The number of likely N-dealkylation sites (tertiary alicyclic amines) is 1. The van der Waals surface area contributed by atoms with Gasteiger partial charge in [-0.3, -0.25) is 9.69 Å². The summed E-state index contributed by atoms with van der Waals surface area (Å²) >= 11 is 0. The number of hydrogen-bond acceptors (Lipinski definition) is 4. The lowest BCUT2D eigenvalue weighted by Crippen LogP contribution is -2.52. The van der Waals surface area contributed by atoms with Gasteiger partial charge in [0.25, 0.3) is 0 Å². The number of hydrogen-bond donors (Lipinski definition) is 0. The summed E-state index contributed by atoms with van der Waals surface area (Å²) in [6, 6.07) is 5.50. The number of carbonyl (C=O) groups excluding carboxylic acids is 1. The highest BCUT2D eigenvalue weighted by Crippen LogP contribution is 2.22. The van der Waals surface area contributed by atoms with Crippen molar-refractivity contribution in [1.29, 1.82) is 0 Å². The van der Waals surface area contributed by atoms with Gasteiger partial charge in [0, 0.05) is 26.2 Å². The molecule has 2 aliphatic heterocycles. The molecule has 2 saturated heterocycles. The van der Waals surface area contributed by atoms with Crippen LogP contribution in [-0.2, 0) is 14.8 Å². The quantitative estimate of drug-likeness (QED) is 0.805. The molecule has 0 spiro atoms. The van der Waals surface area contributed by atoms with E-state index in [1.807, 2.05) is 26.0 Å². The normalized spacial score (nSPS) is 20.2. The second-order valence-electron chi connectivity index (χ2n) is 7.04. The predicted molar refractivity (Wildman–Crippen MR) is 96.9 cm³/mol. The molecule has 138 valence electrons. The minimum absolute atomic E-state index is 0.116. The highest BCUT2D eigenvalue weighted by atomic mass is 32.2. The van der Waals surface area contributed by atoms with Gasteiger partial charge < -0.3 is 4.90 Å². The smallest absolute Gasteiger partial charge is 0.243 e. The zero-order chi connectivity index (χ0) is 18.0. The van der Waals surface area contributed by atoms with Gasteiger partial charge in [-0.05, 0) is 57.0 Å². The molecule has 25 heavy (non-hydrogen) atoms. The molecule has 7 heteroatoms. The van der Waals surface area contributed by atoms with E-state index in [4.69, 9.17) is 0 Å². The van der Waals surface area contributed by atoms with E-state index < -0.39 is 10.0 Å². The second-order valence-corrected chi connectivity index (χ2v) is 8.94. The topological polar surface area (TPSA) is 60.9 Å². The fourth-order valence-corrected chi connectivity index (χ4v) is 5.27. The molecule has 2 fully saturated rings. The van der Waals surface area contributed by atoms with Gasteiger partial charge in [-0.2, -0.15) is 4.31 Å². The van der Waals surface area contributed by atoms with Crippen molar-refractivity contribution in [2.45, 2.75) is 31.6 Å². The minimum atomic E-state index is -3.50. The zero-order valence-corrected chi connectivity index (χ0v) is 15.9. The molecule has 1 aromatic rings. The lowest BCUT2D eigenvalue weighted by Gasteiger charge is -2.35. The van der Waals surface area contributed by atoms with Crippen molar-refractivity contribution >= 4 is 15.9 Å². The molecular formula is C18H27N3O3S. The molecule has 6 nitrogen and oxygen atoms in total. The first-order chi connectivity index (χ1) is 11.9. The number of piperazine rings is 1. The van der Waals surface area contributed by atoms with Crippen LogP contribution in [0.1, 0.15) is 24.0 Å². The Bertz CT molecular complexity index is 734. The Morgan fingerprint density at radius 2 is 1.64 bits per heavy atom. The number of nitrogens with zero attached hydrogens (tertiary/aromatic N) is 3. The first-order valence-corrected chi connectivity index (χ1v) is 10.4. The van der Waals surface area contributed by atoms with Crippen LogP contribution in [0.25, 0.3) is 0 Å². The second kappa shape index (κ2) is 7.43. The molecule has 0 atom stereocenters. The summed E-state index contributed by atoms with van der Waals surface area (Å²) in [6.07, 6.45) is 2.32. The first-order valence-electron chi connectivity index (χ1n) is 8.95. The molecule has 0 bridgehead atoms. The fourth-order valence-electron chi connectivity index (χ4n) is 3.53. The monoisotopic (exact) mass is 365 g/mol. The summed E-state index contributed by atoms with van der Waals surface area (Å²) in [4.78, 5) is 16.8. The highest BCUT2D eigenvalue weighted by molar-refractivity contribution is 7.89. The largest absolute Gasteiger partial charge is 0.339 e. The number of benzene rings is 1. The molecule has 2 heterocycles. The maximum absolute atomic E-state index is 12.9. The van der Waals surface area contributed by atoms with Crippen LogP contribution in [0.4, 0.5) is 0 Å². The van der Waals surface area contributed by atoms with Crippen molar-refractivity contribution in [1.82, 2.24) is 14.1 Å². The van der Waals surface area contributed by atoms with Crippen molar-refractivity contribution in [3.8, 4) is 0 Å². The summed E-state index contributed by atoms with van der Waals surface area (Å²) < 4.78 is 27.4. The van der Waals surface area contributed by atoms with Crippen molar-refractivity contribution < 1.29 is 13.2 Å². The standard InChI is InChI=1S/C18H27N3O3S/c1-15-5-6-16(2)17(13-15)25(23,24)21-11-9-20(10-12-21)18(22)14-19-7-3-4-8-19/h5-6,13H,3-4,7-12,14H2,1-2H3. The summed E-state index contributed by atoms with van der Waals surface area (Å²) in [5, 5.41) is 0. The Labute approximate surface area is 150 Å². The van der Waals surface area contributed by atoms with E-state index in [1.54, 1.807) is 11.0 Å². The summed E-state index contributed by atoms with van der Waals surface area (Å²) in [7, 11) is -3.50. The van der Waals surface area contributed by atoms with E-state index in [1.165, 1.54) is 4.31 Å². The Balaban J connectivity index is 1.63. The van der Waals surface area contributed by atoms with Gasteiger partial charge in [-0.15, -0.1) is 0 Å². The molecule has 0 aliphatic carbocycles. The lowest BCUT2D eigenvalue weighted by atomic mass is 10.2. The van der Waals surface area contributed by atoms with Gasteiger partial charge in [0.2, 0.25) is 15.9 Å². The zero-order valence-electron chi connectivity index (χ0n) is 15.1. The number of sulfonamides is 1. The van der Waals surface area contributed by atoms with Crippen molar-refractivity contribution in [3.63, 3.8) is 0 Å². The molecule has 0 radical (unpaired) electrons. The molecule has 0 N–H and O–H groups in total. The number of aryl methyl sites for hydroxylation is 2. The molecular weight excluding hydrogens is 338 g/mol. The van der Waals surface area contributed by atoms with Crippen LogP contribution in [0.15, 0.2) is 23.1 Å². The average molecular weight is 365 g/mol. The maximum atomic E-state index is 12.9. The maximum Gasteiger partial charge on any atom is 0.243 e. The molecule has 2 aliphatic rings. The van der Waals surface area contributed by atoms with Crippen LogP contribution in [0.2, 0.25) is 0 Å². The average Bonchev–Trinajstić information content (AvgIpc) is 3.10. The summed E-state index contributed by atoms with van der Waals surface area (Å²) in [5.74, 6) is 0.116. The van der Waals surface area contributed by atoms with Gasteiger partial charge in [-0.1, -0.05) is 12.1 Å². The van der Waals surface area contributed by atoms with E-state index >= 15 is 0 Å². The first kappa shape index (κ1) is 18.4. The fraction of sp³-hybridized carbons (Fsp3) is 0.611. The molecule has 3 rings (SSSR count). The molecule has 0 saturated carbocycles.